The number of halogens is 1. The van der Waals surface area contributed by atoms with Gasteiger partial charge in [-0.05, 0) is 32.9 Å². The quantitative estimate of drug-likeness (QED) is 0.921. The van der Waals surface area contributed by atoms with Crippen LogP contribution in [0, 0.1) is 0 Å². The van der Waals surface area contributed by atoms with Gasteiger partial charge >= 0.3 is 6.09 Å². The number of aromatic nitrogens is 1. The maximum Gasteiger partial charge on any atom is 0.407 e. The fraction of sp³-hybridized carbons (Fsp3) is 0.375. The van der Waals surface area contributed by atoms with Crippen LogP contribution in [0.25, 0.3) is 11.3 Å². The molecule has 0 aliphatic rings. The van der Waals surface area contributed by atoms with Crippen LogP contribution in [0.5, 0.6) is 0 Å². The first-order valence-electron chi connectivity index (χ1n) is 7.02. The Morgan fingerprint density at radius 3 is 2.82 bits per heavy atom. The number of alkyl carbamates (subject to hydrolysis) is 1. The van der Waals surface area contributed by atoms with Gasteiger partial charge in [0.2, 0.25) is 0 Å². The first kappa shape index (κ1) is 16.4. The van der Waals surface area contributed by atoms with Crippen molar-refractivity contribution in [1.29, 1.82) is 0 Å². The third-order valence-corrected chi connectivity index (χ3v) is 2.95. The van der Waals surface area contributed by atoms with Crippen molar-refractivity contribution >= 4 is 17.7 Å². The largest absolute Gasteiger partial charge is 0.444 e. The monoisotopic (exact) mass is 322 g/mol. The molecule has 0 saturated heterocycles. The molecule has 0 aliphatic carbocycles. The number of nitrogens with zero attached hydrogens (tertiary/aromatic N) is 1. The molecule has 1 aromatic heterocycles. The molecule has 5 nitrogen and oxygen atoms in total. The van der Waals surface area contributed by atoms with Crippen LogP contribution in [-0.4, -0.2) is 23.4 Å². The Morgan fingerprint density at radius 2 is 2.14 bits per heavy atom. The van der Waals surface area contributed by atoms with Gasteiger partial charge in [-0.15, -0.1) is 0 Å². The molecule has 1 aromatic carbocycles. The molecule has 0 unspecified atom stereocenters. The minimum absolute atomic E-state index is 0.427. The number of ether oxygens (including phenoxy) is 1. The van der Waals surface area contributed by atoms with Crippen LogP contribution in [-0.2, 0) is 11.2 Å². The van der Waals surface area contributed by atoms with E-state index < -0.39 is 11.7 Å². The summed E-state index contributed by atoms with van der Waals surface area (Å²) in [5.74, 6) is 0.648. The van der Waals surface area contributed by atoms with Crippen LogP contribution in [0.4, 0.5) is 4.79 Å². The van der Waals surface area contributed by atoms with Crippen molar-refractivity contribution in [3.05, 3.63) is 41.0 Å². The number of rotatable bonds is 4. The Labute approximate surface area is 134 Å². The Morgan fingerprint density at radius 1 is 1.36 bits per heavy atom. The van der Waals surface area contributed by atoms with Crippen molar-refractivity contribution in [2.45, 2.75) is 32.8 Å². The highest BCUT2D eigenvalue weighted by Crippen LogP contribution is 2.23. The van der Waals surface area contributed by atoms with Crippen LogP contribution >= 0.6 is 11.6 Å². The number of carbonyl (C=O) groups is 1. The van der Waals surface area contributed by atoms with Gasteiger partial charge in [0.15, 0.2) is 5.76 Å². The summed E-state index contributed by atoms with van der Waals surface area (Å²) in [6.45, 7) is 5.89. The highest BCUT2D eigenvalue weighted by Gasteiger charge is 2.15. The van der Waals surface area contributed by atoms with Gasteiger partial charge in [0.1, 0.15) is 5.60 Å². The van der Waals surface area contributed by atoms with Crippen LogP contribution < -0.4 is 5.32 Å². The first-order chi connectivity index (χ1) is 10.3. The smallest absolute Gasteiger partial charge is 0.407 e. The number of hydrogen-bond donors (Lipinski definition) is 1. The lowest BCUT2D eigenvalue weighted by atomic mass is 10.1. The van der Waals surface area contributed by atoms with E-state index in [4.69, 9.17) is 20.9 Å². The zero-order chi connectivity index (χ0) is 16.2. The maximum absolute atomic E-state index is 11.5. The van der Waals surface area contributed by atoms with Gasteiger partial charge in [-0.25, -0.2) is 4.79 Å². The Balaban J connectivity index is 1.87. The average Bonchev–Trinajstić information content (AvgIpc) is 2.85. The molecule has 1 amide bonds. The molecule has 2 rings (SSSR count). The van der Waals surface area contributed by atoms with E-state index >= 15 is 0 Å². The molecule has 0 aliphatic heterocycles. The molecule has 0 saturated carbocycles. The van der Waals surface area contributed by atoms with E-state index in [1.807, 2.05) is 45.0 Å². The molecule has 0 atom stereocenters. The van der Waals surface area contributed by atoms with E-state index in [1.165, 1.54) is 0 Å². The molecule has 1 heterocycles. The van der Waals surface area contributed by atoms with Gasteiger partial charge in [0, 0.05) is 29.6 Å². The molecule has 0 fully saturated rings. The van der Waals surface area contributed by atoms with Crippen LogP contribution in [0.2, 0.25) is 5.02 Å². The van der Waals surface area contributed by atoms with Crippen molar-refractivity contribution < 1.29 is 14.1 Å². The third-order valence-electron chi connectivity index (χ3n) is 2.72. The van der Waals surface area contributed by atoms with Gasteiger partial charge in [-0.3, -0.25) is 0 Å². The molecule has 0 bridgehead atoms. The lowest BCUT2D eigenvalue weighted by molar-refractivity contribution is 0.0528. The van der Waals surface area contributed by atoms with Crippen molar-refractivity contribution in [3.8, 4) is 11.3 Å². The molecule has 6 heteroatoms. The minimum atomic E-state index is -0.502. The van der Waals surface area contributed by atoms with E-state index in [-0.39, 0.29) is 0 Å². The Bertz CT molecular complexity index is 647. The van der Waals surface area contributed by atoms with Crippen LogP contribution in [0.3, 0.4) is 0 Å². The van der Waals surface area contributed by atoms with Gasteiger partial charge in [-0.1, -0.05) is 28.9 Å². The predicted molar refractivity (Wildman–Crippen MR) is 84.9 cm³/mol. The molecular weight excluding hydrogens is 304 g/mol. The first-order valence-corrected chi connectivity index (χ1v) is 7.40. The second-order valence-electron chi connectivity index (χ2n) is 5.87. The maximum atomic E-state index is 11.5. The lowest BCUT2D eigenvalue weighted by Gasteiger charge is -2.19. The average molecular weight is 323 g/mol. The van der Waals surface area contributed by atoms with Gasteiger partial charge in [0.25, 0.3) is 0 Å². The molecule has 0 spiro atoms. The van der Waals surface area contributed by atoms with Crippen molar-refractivity contribution in [3.63, 3.8) is 0 Å². The Hall–Kier alpha value is -2.01. The SMILES string of the molecule is CC(C)(C)OC(=O)NCCc1cc(-c2cccc(Cl)c2)on1. The van der Waals surface area contributed by atoms with Crippen molar-refractivity contribution in [2.24, 2.45) is 0 Å². The number of amides is 1. The summed E-state index contributed by atoms with van der Waals surface area (Å²) in [5, 5.41) is 7.31. The second-order valence-corrected chi connectivity index (χ2v) is 6.31. The van der Waals surface area contributed by atoms with Crippen molar-refractivity contribution in [2.75, 3.05) is 6.54 Å². The predicted octanol–water partition coefficient (Wildman–Crippen LogP) is 4.06. The Kier molecular flexibility index (Phi) is 5.08. The summed E-state index contributed by atoms with van der Waals surface area (Å²) >= 11 is 5.95. The number of benzene rings is 1. The van der Waals surface area contributed by atoms with Gasteiger partial charge < -0.3 is 14.6 Å². The van der Waals surface area contributed by atoms with Gasteiger partial charge in [0.05, 0.1) is 5.69 Å². The minimum Gasteiger partial charge on any atom is -0.444 e. The zero-order valence-electron chi connectivity index (χ0n) is 12.9. The molecule has 0 radical (unpaired) electrons. The molecule has 22 heavy (non-hydrogen) atoms. The molecule has 1 N–H and O–H groups in total. The highest BCUT2D eigenvalue weighted by molar-refractivity contribution is 6.30. The van der Waals surface area contributed by atoms with E-state index in [0.717, 1.165) is 11.3 Å². The highest BCUT2D eigenvalue weighted by atomic mass is 35.5. The van der Waals surface area contributed by atoms with E-state index in [0.29, 0.717) is 23.7 Å². The number of nitrogens with one attached hydrogen (secondary N) is 1. The summed E-state index contributed by atoms with van der Waals surface area (Å²) < 4.78 is 10.4. The normalized spacial score (nSPS) is 11.3. The number of carbonyl (C=O) groups excluding carboxylic acids is 1. The lowest BCUT2D eigenvalue weighted by Crippen LogP contribution is -2.33. The van der Waals surface area contributed by atoms with Crippen LogP contribution in [0.1, 0.15) is 26.5 Å². The summed E-state index contributed by atoms with van der Waals surface area (Å²) in [4.78, 5) is 11.5. The molecule has 2 aromatic rings. The summed E-state index contributed by atoms with van der Waals surface area (Å²) in [7, 11) is 0. The summed E-state index contributed by atoms with van der Waals surface area (Å²) in [6, 6.07) is 9.19. The third kappa shape index (κ3) is 5.07. The fourth-order valence-electron chi connectivity index (χ4n) is 1.81. The second kappa shape index (κ2) is 6.83. The molecular formula is C16H19ClN2O3. The topological polar surface area (TPSA) is 64.4 Å². The molecule has 118 valence electrons. The zero-order valence-corrected chi connectivity index (χ0v) is 13.6. The van der Waals surface area contributed by atoms with Crippen molar-refractivity contribution in [1.82, 2.24) is 10.5 Å². The van der Waals surface area contributed by atoms with E-state index in [9.17, 15) is 4.79 Å². The van der Waals surface area contributed by atoms with E-state index in [1.54, 1.807) is 6.07 Å². The summed E-state index contributed by atoms with van der Waals surface area (Å²) in [5.41, 5.74) is 1.12. The number of hydrogen-bond acceptors (Lipinski definition) is 4. The standard InChI is InChI=1S/C16H19ClN2O3/c1-16(2,3)21-15(20)18-8-7-13-10-14(22-19-13)11-5-4-6-12(17)9-11/h4-6,9-10H,7-8H2,1-3H3,(H,18,20). The van der Waals surface area contributed by atoms with Gasteiger partial charge in [-0.2, -0.15) is 0 Å². The van der Waals surface area contributed by atoms with Crippen LogP contribution in [0.15, 0.2) is 34.9 Å². The van der Waals surface area contributed by atoms with E-state index in [2.05, 4.69) is 10.5 Å². The summed E-state index contributed by atoms with van der Waals surface area (Å²) in [6.07, 6.45) is 0.120. The fourth-order valence-corrected chi connectivity index (χ4v) is 2.00.